The predicted molar refractivity (Wildman–Crippen MR) is 119 cm³/mol. The van der Waals surface area contributed by atoms with Crippen LogP contribution in [-0.4, -0.2) is 65.0 Å². The van der Waals surface area contributed by atoms with Crippen LogP contribution < -0.4 is 21.7 Å². The van der Waals surface area contributed by atoms with Gasteiger partial charge in [0.25, 0.3) is 0 Å². The Bertz CT molecular complexity index is 590. The number of nitrogens with two attached hydrogens (primary N) is 1. The van der Waals surface area contributed by atoms with E-state index < -0.39 is 47.9 Å². The van der Waals surface area contributed by atoms with E-state index in [1.807, 2.05) is 27.0 Å². The Morgan fingerprint density at radius 2 is 1.47 bits per heavy atom. The highest BCUT2D eigenvalue weighted by molar-refractivity contribution is 7.98. The first-order valence-corrected chi connectivity index (χ1v) is 11.8. The number of nitrogens with one attached hydrogen (secondary N) is 3. The van der Waals surface area contributed by atoms with E-state index in [0.717, 1.165) is 6.42 Å². The van der Waals surface area contributed by atoms with Crippen LogP contribution in [0.5, 0.6) is 0 Å². The van der Waals surface area contributed by atoms with Crippen LogP contribution in [0.1, 0.15) is 53.9 Å². The fourth-order valence-corrected chi connectivity index (χ4v) is 3.09. The van der Waals surface area contributed by atoms with E-state index in [0.29, 0.717) is 12.2 Å². The van der Waals surface area contributed by atoms with Crippen molar-refractivity contribution in [2.75, 3.05) is 12.0 Å². The topological polar surface area (TPSA) is 151 Å². The van der Waals surface area contributed by atoms with Gasteiger partial charge in [-0.25, -0.2) is 4.79 Å². The van der Waals surface area contributed by atoms with Crippen LogP contribution in [0.3, 0.4) is 0 Å². The van der Waals surface area contributed by atoms with Crippen molar-refractivity contribution in [3.8, 4) is 0 Å². The second-order valence-corrected chi connectivity index (χ2v) is 8.68. The summed E-state index contributed by atoms with van der Waals surface area (Å²) in [6, 6.07) is -3.56. The number of carboxylic acid groups (broad SMARTS) is 1. The molecule has 0 radical (unpaired) electrons. The molecule has 30 heavy (non-hydrogen) atoms. The summed E-state index contributed by atoms with van der Waals surface area (Å²) in [5.41, 5.74) is 5.90. The summed E-state index contributed by atoms with van der Waals surface area (Å²) in [7, 11) is 0. The summed E-state index contributed by atoms with van der Waals surface area (Å²) in [4.78, 5) is 49.0. The predicted octanol–water partition coefficient (Wildman–Crippen LogP) is 0.718. The molecule has 0 aromatic heterocycles. The van der Waals surface area contributed by atoms with Gasteiger partial charge in [-0.15, -0.1) is 0 Å². The maximum absolute atomic E-state index is 12.7. The molecule has 0 bridgehead atoms. The maximum Gasteiger partial charge on any atom is 0.326 e. The van der Waals surface area contributed by atoms with E-state index in [1.165, 1.54) is 18.7 Å². The molecular weight excluding hydrogens is 408 g/mol. The number of hydrogen-bond acceptors (Lipinski definition) is 6. The van der Waals surface area contributed by atoms with Gasteiger partial charge in [-0.2, -0.15) is 11.8 Å². The van der Waals surface area contributed by atoms with Crippen molar-refractivity contribution < 1.29 is 24.3 Å². The average molecular weight is 447 g/mol. The van der Waals surface area contributed by atoms with Gasteiger partial charge in [0.15, 0.2) is 0 Å². The van der Waals surface area contributed by atoms with Crippen LogP contribution in [0.2, 0.25) is 0 Å². The third kappa shape index (κ3) is 9.34. The lowest BCUT2D eigenvalue weighted by Gasteiger charge is -2.27. The minimum atomic E-state index is -1.12. The molecule has 0 aliphatic rings. The van der Waals surface area contributed by atoms with Gasteiger partial charge in [0.05, 0.1) is 6.04 Å². The van der Waals surface area contributed by atoms with E-state index in [4.69, 9.17) is 5.73 Å². The summed E-state index contributed by atoms with van der Waals surface area (Å²) in [5, 5.41) is 17.1. The van der Waals surface area contributed by atoms with Crippen molar-refractivity contribution in [3.63, 3.8) is 0 Å². The molecular formula is C20H38N4O5S. The quantitative estimate of drug-likeness (QED) is 0.264. The second-order valence-electron chi connectivity index (χ2n) is 7.69. The van der Waals surface area contributed by atoms with Crippen LogP contribution in [0, 0.1) is 11.8 Å². The molecule has 0 spiro atoms. The molecule has 9 nitrogen and oxygen atoms in total. The van der Waals surface area contributed by atoms with Gasteiger partial charge in [0.1, 0.15) is 18.1 Å². The SMILES string of the molecule is CCC(C)C(N)C(=O)NC(C)C(=O)NC(C(=O)NC(CCSC)C(=O)O)C(C)CC. The lowest BCUT2D eigenvalue weighted by atomic mass is 9.97. The van der Waals surface area contributed by atoms with E-state index in [1.54, 1.807) is 6.92 Å². The highest BCUT2D eigenvalue weighted by Gasteiger charge is 2.31. The largest absolute Gasteiger partial charge is 0.480 e. The van der Waals surface area contributed by atoms with Crippen LogP contribution in [0.15, 0.2) is 0 Å². The molecule has 0 aromatic rings. The Morgan fingerprint density at radius 3 is 1.93 bits per heavy atom. The highest BCUT2D eigenvalue weighted by Crippen LogP contribution is 2.10. The molecule has 0 saturated carbocycles. The van der Waals surface area contributed by atoms with E-state index in [-0.39, 0.29) is 18.3 Å². The molecule has 10 heteroatoms. The van der Waals surface area contributed by atoms with Crippen molar-refractivity contribution in [3.05, 3.63) is 0 Å². The smallest absolute Gasteiger partial charge is 0.326 e. The van der Waals surface area contributed by atoms with Crippen molar-refractivity contribution in [1.29, 1.82) is 0 Å². The molecule has 0 heterocycles. The third-order valence-electron chi connectivity index (χ3n) is 5.33. The molecule has 0 saturated heterocycles. The van der Waals surface area contributed by atoms with Gasteiger partial charge in [-0.3, -0.25) is 14.4 Å². The second kappa shape index (κ2) is 14.2. The Morgan fingerprint density at radius 1 is 0.900 bits per heavy atom. The van der Waals surface area contributed by atoms with Gasteiger partial charge in [-0.05, 0) is 37.2 Å². The lowest BCUT2D eigenvalue weighted by molar-refractivity contribution is -0.142. The standard InChI is InChI=1S/C20H38N4O5S/c1-7-11(3)15(21)18(26)22-13(5)17(25)24-16(12(4)8-2)19(27)23-14(20(28)29)9-10-30-6/h11-16H,7-10,21H2,1-6H3,(H,22,26)(H,23,27)(H,24,25)(H,28,29). The van der Waals surface area contributed by atoms with Gasteiger partial charge in [0, 0.05) is 0 Å². The fourth-order valence-electron chi connectivity index (χ4n) is 2.62. The summed E-state index contributed by atoms with van der Waals surface area (Å²) >= 11 is 1.48. The number of carbonyl (C=O) groups is 4. The fraction of sp³-hybridized carbons (Fsp3) is 0.800. The lowest BCUT2D eigenvalue weighted by Crippen LogP contribution is -2.58. The first-order valence-electron chi connectivity index (χ1n) is 10.4. The Labute approximate surface area is 183 Å². The minimum Gasteiger partial charge on any atom is -0.480 e. The van der Waals surface area contributed by atoms with Gasteiger partial charge >= 0.3 is 5.97 Å². The van der Waals surface area contributed by atoms with Crippen molar-refractivity contribution in [2.45, 2.75) is 78.0 Å². The Kier molecular flexibility index (Phi) is 13.4. The molecule has 0 fully saturated rings. The molecule has 6 N–H and O–H groups in total. The van der Waals surface area contributed by atoms with Crippen molar-refractivity contribution >= 4 is 35.5 Å². The molecule has 0 aromatic carbocycles. The zero-order valence-corrected chi connectivity index (χ0v) is 19.7. The molecule has 0 aliphatic heterocycles. The van der Waals surface area contributed by atoms with E-state index >= 15 is 0 Å². The molecule has 3 amide bonds. The third-order valence-corrected chi connectivity index (χ3v) is 5.97. The van der Waals surface area contributed by atoms with Gasteiger partial charge in [0.2, 0.25) is 17.7 Å². The summed E-state index contributed by atoms with van der Waals surface area (Å²) in [5.74, 6) is -2.32. The zero-order chi connectivity index (χ0) is 23.4. The van der Waals surface area contributed by atoms with Gasteiger partial charge in [-0.1, -0.05) is 40.5 Å². The minimum absolute atomic E-state index is 0.0341. The molecule has 0 rings (SSSR count). The number of aliphatic carboxylic acids is 1. The normalized spacial score (nSPS) is 17.0. The van der Waals surface area contributed by atoms with Crippen LogP contribution in [0.4, 0.5) is 0 Å². The van der Waals surface area contributed by atoms with Crippen LogP contribution >= 0.6 is 11.8 Å². The summed E-state index contributed by atoms with van der Waals surface area (Å²) < 4.78 is 0. The molecule has 6 unspecified atom stereocenters. The number of rotatable bonds is 14. The first kappa shape index (κ1) is 28.2. The Balaban J connectivity index is 5.14. The number of carbonyl (C=O) groups excluding carboxylic acids is 3. The zero-order valence-electron chi connectivity index (χ0n) is 18.9. The molecule has 174 valence electrons. The first-order chi connectivity index (χ1) is 14.0. The maximum atomic E-state index is 12.7. The number of amides is 3. The van der Waals surface area contributed by atoms with Crippen LogP contribution in [-0.2, 0) is 19.2 Å². The van der Waals surface area contributed by atoms with Gasteiger partial charge < -0.3 is 26.8 Å². The monoisotopic (exact) mass is 446 g/mol. The highest BCUT2D eigenvalue weighted by atomic mass is 32.2. The summed E-state index contributed by atoms with van der Waals surface area (Å²) in [6.45, 7) is 8.96. The number of carboxylic acids is 1. The molecule has 0 aliphatic carbocycles. The number of thioether (sulfide) groups is 1. The average Bonchev–Trinajstić information content (AvgIpc) is 2.72. The van der Waals surface area contributed by atoms with E-state index in [2.05, 4.69) is 16.0 Å². The van der Waals surface area contributed by atoms with Crippen LogP contribution in [0.25, 0.3) is 0 Å². The number of hydrogen-bond donors (Lipinski definition) is 5. The molecule has 6 atom stereocenters. The summed E-state index contributed by atoms with van der Waals surface area (Å²) in [6.07, 6.45) is 3.46. The van der Waals surface area contributed by atoms with Crippen molar-refractivity contribution in [2.24, 2.45) is 17.6 Å². The van der Waals surface area contributed by atoms with E-state index in [9.17, 15) is 24.3 Å². The van der Waals surface area contributed by atoms with Crippen molar-refractivity contribution in [1.82, 2.24) is 16.0 Å². The Hall–Kier alpha value is -1.81.